The molecule has 0 unspecified atom stereocenters. The highest BCUT2D eigenvalue weighted by Gasteiger charge is 2.44. The van der Waals surface area contributed by atoms with Crippen LogP contribution in [0.25, 0.3) is 0 Å². The molecule has 0 spiro atoms. The number of hydrogen-bond acceptors (Lipinski definition) is 2. The van der Waals surface area contributed by atoms with Gasteiger partial charge in [0.05, 0.1) is 16.7 Å². The second-order valence-electron chi connectivity index (χ2n) is 8.58. The third-order valence-corrected chi connectivity index (χ3v) is 6.45. The number of likely N-dealkylation sites (tertiary alicyclic amines) is 1. The molecular weight excluding hydrogens is 410 g/mol. The van der Waals surface area contributed by atoms with E-state index in [0.29, 0.717) is 19.3 Å². The number of carbonyl (C=O) groups is 1. The van der Waals surface area contributed by atoms with Gasteiger partial charge in [-0.15, -0.1) is 0 Å². The molecule has 2 saturated carbocycles. The van der Waals surface area contributed by atoms with Crippen LogP contribution in [-0.2, 0) is 12.4 Å². The molecule has 1 amide bonds. The van der Waals surface area contributed by atoms with Crippen LogP contribution in [0.2, 0.25) is 0 Å². The average molecular weight is 434 g/mol. The van der Waals surface area contributed by atoms with E-state index in [0.717, 1.165) is 44.8 Å². The minimum atomic E-state index is -5.05. The highest BCUT2D eigenvalue weighted by atomic mass is 19.4. The first kappa shape index (κ1) is 21.5. The maximum absolute atomic E-state index is 13.7. The first-order valence-electron chi connectivity index (χ1n) is 10.4. The van der Waals surface area contributed by atoms with Crippen molar-refractivity contribution >= 4 is 5.91 Å². The minimum absolute atomic E-state index is 0.0737. The van der Waals surface area contributed by atoms with Crippen molar-refractivity contribution in [2.75, 3.05) is 13.1 Å². The molecule has 0 bridgehead atoms. The van der Waals surface area contributed by atoms with Gasteiger partial charge in [-0.2, -0.15) is 26.3 Å². The van der Waals surface area contributed by atoms with Crippen molar-refractivity contribution in [2.45, 2.75) is 75.3 Å². The van der Waals surface area contributed by atoms with Gasteiger partial charge in [0.2, 0.25) is 0 Å². The van der Waals surface area contributed by atoms with Gasteiger partial charge in [0, 0.05) is 12.1 Å². The summed E-state index contributed by atoms with van der Waals surface area (Å²) < 4.78 is 80.9. The minimum Gasteiger partial charge on any atom is -0.348 e. The van der Waals surface area contributed by atoms with Crippen LogP contribution in [0.15, 0.2) is 12.1 Å². The van der Waals surface area contributed by atoms with Gasteiger partial charge < -0.3 is 5.32 Å². The maximum atomic E-state index is 13.7. The molecule has 2 atom stereocenters. The Morgan fingerprint density at radius 3 is 2.13 bits per heavy atom. The zero-order valence-electron chi connectivity index (χ0n) is 16.4. The van der Waals surface area contributed by atoms with Crippen molar-refractivity contribution in [3.63, 3.8) is 0 Å². The molecule has 3 fully saturated rings. The zero-order chi connectivity index (χ0) is 21.7. The van der Waals surface area contributed by atoms with Crippen LogP contribution in [0.1, 0.15) is 77.9 Å². The molecular formula is C21H24F6N2O. The zero-order valence-corrected chi connectivity index (χ0v) is 16.4. The van der Waals surface area contributed by atoms with Gasteiger partial charge in [-0.25, -0.2) is 0 Å². The molecule has 1 N–H and O–H groups in total. The molecule has 3 aliphatic rings. The maximum Gasteiger partial charge on any atom is 0.417 e. The summed E-state index contributed by atoms with van der Waals surface area (Å²) in [6, 6.07) is 0.595. The number of amides is 1. The standard InChI is InChI=1S/C21H24F6N2O/c22-20(23,24)13-10-14(12-6-7-12)18(15(11-13)21(25,26)27)19(30)28-16-4-3-5-17(16)29-8-1-2-9-29/h10-12,16-17H,1-9H2,(H,28,30)/t16-,17+/m1/s1. The Kier molecular flexibility index (Phi) is 5.53. The topological polar surface area (TPSA) is 32.3 Å². The number of rotatable bonds is 4. The molecule has 1 aromatic carbocycles. The van der Waals surface area contributed by atoms with E-state index >= 15 is 0 Å². The van der Waals surface area contributed by atoms with Crippen LogP contribution in [0.4, 0.5) is 26.3 Å². The first-order chi connectivity index (χ1) is 14.1. The third-order valence-electron chi connectivity index (χ3n) is 6.45. The van der Waals surface area contributed by atoms with E-state index in [1.165, 1.54) is 0 Å². The number of alkyl halides is 6. The SMILES string of the molecule is O=C(N[C@@H]1CCC[C@@H]1N1CCCC1)c1c(C2CC2)cc(C(F)(F)F)cc1C(F)(F)F. The van der Waals surface area contributed by atoms with Crippen LogP contribution < -0.4 is 5.32 Å². The Morgan fingerprint density at radius 2 is 1.57 bits per heavy atom. The molecule has 3 nitrogen and oxygen atoms in total. The van der Waals surface area contributed by atoms with Gasteiger partial charge in [0.15, 0.2) is 0 Å². The Morgan fingerprint density at radius 1 is 0.900 bits per heavy atom. The third kappa shape index (κ3) is 4.31. The van der Waals surface area contributed by atoms with E-state index in [2.05, 4.69) is 10.2 Å². The fraction of sp³-hybridized carbons (Fsp3) is 0.667. The lowest BCUT2D eigenvalue weighted by molar-refractivity contribution is -0.143. The van der Waals surface area contributed by atoms with Crippen LogP contribution in [-0.4, -0.2) is 36.0 Å². The largest absolute Gasteiger partial charge is 0.417 e. The lowest BCUT2D eigenvalue weighted by Crippen LogP contribution is -2.48. The summed E-state index contributed by atoms with van der Waals surface area (Å²) in [5.41, 5.74) is -3.62. The van der Waals surface area contributed by atoms with Gasteiger partial charge in [-0.3, -0.25) is 9.69 Å². The van der Waals surface area contributed by atoms with Crippen LogP contribution >= 0.6 is 0 Å². The fourth-order valence-electron chi connectivity index (χ4n) is 4.88. The van der Waals surface area contributed by atoms with E-state index < -0.39 is 40.9 Å². The van der Waals surface area contributed by atoms with Crippen LogP contribution in [0, 0.1) is 0 Å². The second-order valence-corrected chi connectivity index (χ2v) is 8.58. The number of hydrogen-bond donors (Lipinski definition) is 1. The number of nitrogens with one attached hydrogen (secondary N) is 1. The smallest absolute Gasteiger partial charge is 0.348 e. The summed E-state index contributed by atoms with van der Waals surface area (Å²) >= 11 is 0. The Bertz CT molecular complexity index is 809. The number of nitrogens with zero attached hydrogens (tertiary/aromatic N) is 1. The summed E-state index contributed by atoms with van der Waals surface area (Å²) in [6.45, 7) is 1.80. The first-order valence-corrected chi connectivity index (χ1v) is 10.4. The molecule has 166 valence electrons. The van der Waals surface area contributed by atoms with E-state index in [9.17, 15) is 31.1 Å². The number of carbonyl (C=O) groups excluding carboxylic acids is 1. The van der Waals surface area contributed by atoms with Gasteiger partial charge in [0.25, 0.3) is 5.91 Å². The summed E-state index contributed by atoms with van der Waals surface area (Å²) in [5.74, 6) is -1.35. The molecule has 1 aromatic rings. The Hall–Kier alpha value is -1.77. The van der Waals surface area contributed by atoms with Gasteiger partial charge >= 0.3 is 12.4 Å². The van der Waals surface area contributed by atoms with E-state index in [-0.39, 0.29) is 23.7 Å². The quantitative estimate of drug-likeness (QED) is 0.648. The molecule has 4 rings (SSSR count). The van der Waals surface area contributed by atoms with Gasteiger partial charge in [-0.05, 0) is 81.6 Å². The molecule has 1 saturated heterocycles. The molecule has 0 radical (unpaired) electrons. The van der Waals surface area contributed by atoms with Gasteiger partial charge in [-0.1, -0.05) is 0 Å². The summed E-state index contributed by atoms with van der Waals surface area (Å²) in [6.07, 6.45) is -4.50. The lowest BCUT2D eigenvalue weighted by atomic mass is 9.93. The normalized spacial score (nSPS) is 25.7. The van der Waals surface area contributed by atoms with E-state index in [1.54, 1.807) is 0 Å². The van der Waals surface area contributed by atoms with Crippen molar-refractivity contribution in [1.29, 1.82) is 0 Å². The van der Waals surface area contributed by atoms with Crippen molar-refractivity contribution in [2.24, 2.45) is 0 Å². The molecule has 1 aliphatic heterocycles. The Balaban J connectivity index is 1.69. The lowest BCUT2D eigenvalue weighted by Gasteiger charge is -2.30. The van der Waals surface area contributed by atoms with Crippen molar-refractivity contribution < 1.29 is 31.1 Å². The van der Waals surface area contributed by atoms with Gasteiger partial charge in [0.1, 0.15) is 0 Å². The fourth-order valence-corrected chi connectivity index (χ4v) is 4.88. The molecule has 1 heterocycles. The highest BCUT2D eigenvalue weighted by Crippen LogP contribution is 2.47. The molecule has 2 aliphatic carbocycles. The van der Waals surface area contributed by atoms with E-state index in [1.807, 2.05) is 0 Å². The predicted octanol–water partition coefficient (Wildman–Crippen LogP) is 5.35. The summed E-state index contributed by atoms with van der Waals surface area (Å²) in [5, 5.41) is 2.75. The number of benzene rings is 1. The Labute approximate surface area is 170 Å². The number of halogens is 6. The summed E-state index contributed by atoms with van der Waals surface area (Å²) in [4.78, 5) is 15.3. The summed E-state index contributed by atoms with van der Waals surface area (Å²) in [7, 11) is 0. The van der Waals surface area contributed by atoms with E-state index in [4.69, 9.17) is 0 Å². The van der Waals surface area contributed by atoms with Crippen molar-refractivity contribution in [1.82, 2.24) is 10.2 Å². The van der Waals surface area contributed by atoms with Crippen molar-refractivity contribution in [3.05, 3.63) is 34.4 Å². The molecule has 0 aromatic heterocycles. The average Bonchev–Trinajstić information content (AvgIpc) is 3.16. The van der Waals surface area contributed by atoms with Crippen LogP contribution in [0.3, 0.4) is 0 Å². The van der Waals surface area contributed by atoms with Crippen LogP contribution in [0.5, 0.6) is 0 Å². The van der Waals surface area contributed by atoms with Crippen molar-refractivity contribution in [3.8, 4) is 0 Å². The molecule has 9 heteroatoms. The monoisotopic (exact) mass is 434 g/mol. The predicted molar refractivity (Wildman–Crippen MR) is 98.1 cm³/mol. The highest BCUT2D eigenvalue weighted by molar-refractivity contribution is 5.98. The second kappa shape index (κ2) is 7.73. The molecule has 30 heavy (non-hydrogen) atoms.